The minimum absolute atomic E-state index is 0.167. The van der Waals surface area contributed by atoms with Gasteiger partial charge < -0.3 is 9.84 Å². The van der Waals surface area contributed by atoms with Gasteiger partial charge in [-0.25, -0.2) is 15.1 Å². The number of benzene rings is 2. The van der Waals surface area contributed by atoms with Gasteiger partial charge in [-0.05, 0) is 35.6 Å². The first-order valence-corrected chi connectivity index (χ1v) is 12.6. The number of aliphatic hydroxyl groups is 1. The van der Waals surface area contributed by atoms with Crippen molar-refractivity contribution in [3.8, 4) is 5.88 Å². The number of fused-ring (bicyclic) bond motifs is 1. The van der Waals surface area contributed by atoms with Crippen molar-refractivity contribution in [2.45, 2.75) is 51.7 Å². The molecule has 1 aliphatic carbocycles. The Morgan fingerprint density at radius 3 is 2.61 bits per heavy atom. The molecule has 0 bridgehead atoms. The fourth-order valence-electron chi connectivity index (χ4n) is 4.03. The number of rotatable bonds is 8. The van der Waals surface area contributed by atoms with Gasteiger partial charge in [0.05, 0.1) is 12.7 Å². The van der Waals surface area contributed by atoms with Gasteiger partial charge in [-0.15, -0.1) is 0 Å². The van der Waals surface area contributed by atoms with E-state index in [1.54, 1.807) is 0 Å². The summed E-state index contributed by atoms with van der Waals surface area (Å²) in [5.41, 5.74) is 2.13. The highest BCUT2D eigenvalue weighted by molar-refractivity contribution is 7.84. The molecule has 9 heteroatoms. The first kappa shape index (κ1) is 25.0. The minimum atomic E-state index is -4.03. The van der Waals surface area contributed by atoms with Crippen LogP contribution in [-0.4, -0.2) is 42.3 Å². The highest BCUT2D eigenvalue weighted by Gasteiger charge is 2.35. The van der Waals surface area contributed by atoms with Crippen LogP contribution in [-0.2, 0) is 27.3 Å². The van der Waals surface area contributed by atoms with Crippen molar-refractivity contribution in [2.75, 3.05) is 6.61 Å². The summed E-state index contributed by atoms with van der Waals surface area (Å²) in [6, 6.07) is 16.4. The van der Waals surface area contributed by atoms with Crippen molar-refractivity contribution in [1.29, 1.82) is 0 Å². The summed E-state index contributed by atoms with van der Waals surface area (Å²) < 4.78 is 32.5. The Hall–Kier alpha value is -2.59. The molecule has 1 heterocycles. The van der Waals surface area contributed by atoms with Crippen LogP contribution in [0.15, 0.2) is 54.9 Å². The molecule has 178 valence electrons. The third kappa shape index (κ3) is 7.20. The van der Waals surface area contributed by atoms with Gasteiger partial charge in [-0.2, -0.15) is 8.42 Å². The van der Waals surface area contributed by atoms with E-state index in [1.807, 2.05) is 32.0 Å². The van der Waals surface area contributed by atoms with Crippen LogP contribution < -0.4 is 9.88 Å². The zero-order valence-electron chi connectivity index (χ0n) is 18.9. The number of aryl methyl sites for hydroxylation is 2. The summed E-state index contributed by atoms with van der Waals surface area (Å²) in [6.07, 6.45) is 2.86. The summed E-state index contributed by atoms with van der Waals surface area (Å²) in [6.45, 7) is 3.83. The normalized spacial score (nSPS) is 20.3. The van der Waals surface area contributed by atoms with Crippen LogP contribution in [0, 0.1) is 5.92 Å². The molecule has 0 unspecified atom stereocenters. The molecule has 8 nitrogen and oxygen atoms in total. The maximum atomic E-state index is 11.0. The fraction of sp³-hybridized carbons (Fsp3) is 0.417. The van der Waals surface area contributed by atoms with Crippen LogP contribution >= 0.6 is 0 Å². The summed E-state index contributed by atoms with van der Waals surface area (Å²) in [7, 11) is -4.03. The first-order valence-electron chi connectivity index (χ1n) is 11.2. The van der Waals surface area contributed by atoms with Gasteiger partial charge in [0, 0.05) is 24.1 Å². The molecule has 33 heavy (non-hydrogen) atoms. The van der Waals surface area contributed by atoms with Crippen LogP contribution in [0.2, 0.25) is 0 Å². The molecule has 0 aliphatic heterocycles. The summed E-state index contributed by atoms with van der Waals surface area (Å²) in [5, 5.41) is 17.5. The molecule has 0 radical (unpaired) electrons. The van der Waals surface area contributed by atoms with Crippen LogP contribution in [0.3, 0.4) is 0 Å². The number of ether oxygens (including phenoxy) is 1. The molecule has 0 amide bonds. The summed E-state index contributed by atoms with van der Waals surface area (Å²) in [4.78, 5) is 8.54. The van der Waals surface area contributed by atoms with Gasteiger partial charge in [-0.3, -0.25) is 4.18 Å². The Balaban J connectivity index is 0.00000149. The van der Waals surface area contributed by atoms with Crippen molar-refractivity contribution >= 4 is 21.1 Å². The topological polar surface area (TPSA) is 125 Å². The average Bonchev–Trinajstić information content (AvgIpc) is 3.16. The Morgan fingerprint density at radius 1 is 1.06 bits per heavy atom. The Morgan fingerprint density at radius 2 is 1.82 bits per heavy atom. The summed E-state index contributed by atoms with van der Waals surface area (Å²) >= 11 is 0. The van der Waals surface area contributed by atoms with Crippen molar-refractivity contribution in [3.05, 3.63) is 66.1 Å². The number of nitrogens with zero attached hydrogens (tertiary/aromatic N) is 2. The molecule has 0 saturated heterocycles. The highest BCUT2D eigenvalue weighted by Crippen LogP contribution is 2.30. The Kier molecular flexibility index (Phi) is 8.74. The van der Waals surface area contributed by atoms with Crippen LogP contribution in [0.25, 0.3) is 10.8 Å². The lowest BCUT2D eigenvalue weighted by Crippen LogP contribution is -2.24. The SMILES string of the molecule is CC.NS(=O)(=O)OC[C@@H]1C[C@@H](Oc2cc(CCc3cccc4ccccc34)ncn2)C[C@@H]1O. The van der Waals surface area contributed by atoms with Gasteiger partial charge >= 0.3 is 10.3 Å². The molecule has 2 aromatic carbocycles. The third-order valence-electron chi connectivity index (χ3n) is 5.58. The van der Waals surface area contributed by atoms with E-state index in [0.717, 1.165) is 18.5 Å². The zero-order valence-corrected chi connectivity index (χ0v) is 19.7. The van der Waals surface area contributed by atoms with Crippen molar-refractivity contribution in [1.82, 2.24) is 9.97 Å². The molecule has 1 saturated carbocycles. The second-order valence-corrected chi connectivity index (χ2v) is 9.02. The molecular weight excluding hydrogens is 442 g/mol. The van der Waals surface area contributed by atoms with Crippen molar-refractivity contribution in [3.63, 3.8) is 0 Å². The molecule has 1 fully saturated rings. The Bertz CT molecular complexity index is 1150. The van der Waals surface area contributed by atoms with E-state index in [0.29, 0.717) is 18.7 Å². The lowest BCUT2D eigenvalue weighted by atomic mass is 10.0. The van der Waals surface area contributed by atoms with Gasteiger partial charge in [0.2, 0.25) is 5.88 Å². The number of aromatic nitrogens is 2. The van der Waals surface area contributed by atoms with E-state index in [-0.39, 0.29) is 18.6 Å². The minimum Gasteiger partial charge on any atom is -0.474 e. The lowest BCUT2D eigenvalue weighted by Gasteiger charge is -2.13. The molecular formula is C24H31N3O5S. The maximum Gasteiger partial charge on any atom is 0.333 e. The molecule has 3 N–H and O–H groups in total. The molecule has 3 atom stereocenters. The second kappa shape index (κ2) is 11.5. The van der Waals surface area contributed by atoms with E-state index < -0.39 is 16.4 Å². The summed E-state index contributed by atoms with van der Waals surface area (Å²) in [5.74, 6) is 0.0733. The standard InChI is InChI=1S/C22H25N3O5S.C2H6/c23-31(27,28)29-13-17-10-19(12-21(17)26)30-22-11-18(24-14-25-22)9-8-16-6-3-5-15-4-1-2-7-20(15)16;1-2/h1-7,11,14,17,19,21,26H,8-10,12-13H2,(H2,23,27,28);1-2H3/t17-,19+,21-;/m0./s1. The predicted octanol–water partition coefficient (Wildman–Crippen LogP) is 3.18. The van der Waals surface area contributed by atoms with E-state index >= 15 is 0 Å². The first-order chi connectivity index (χ1) is 15.9. The zero-order chi connectivity index (χ0) is 23.8. The second-order valence-electron chi connectivity index (χ2n) is 7.80. The van der Waals surface area contributed by atoms with Crippen LogP contribution in [0.5, 0.6) is 5.88 Å². The largest absolute Gasteiger partial charge is 0.474 e. The van der Waals surface area contributed by atoms with E-state index in [1.165, 1.54) is 22.7 Å². The van der Waals surface area contributed by atoms with Gasteiger partial charge in [0.25, 0.3) is 0 Å². The van der Waals surface area contributed by atoms with Gasteiger partial charge in [0.1, 0.15) is 12.4 Å². The monoisotopic (exact) mass is 473 g/mol. The maximum absolute atomic E-state index is 11.0. The lowest BCUT2D eigenvalue weighted by molar-refractivity contribution is 0.0986. The van der Waals surface area contributed by atoms with Gasteiger partial charge in [0.15, 0.2) is 0 Å². The van der Waals surface area contributed by atoms with Crippen molar-refractivity contribution in [2.24, 2.45) is 11.1 Å². The van der Waals surface area contributed by atoms with Crippen molar-refractivity contribution < 1.29 is 22.4 Å². The number of hydrogen-bond acceptors (Lipinski definition) is 7. The smallest absolute Gasteiger partial charge is 0.333 e. The number of aliphatic hydroxyl groups excluding tert-OH is 1. The van der Waals surface area contributed by atoms with E-state index in [2.05, 4.69) is 44.5 Å². The molecule has 0 spiro atoms. The van der Waals surface area contributed by atoms with E-state index in [4.69, 9.17) is 9.88 Å². The quantitative estimate of drug-likeness (QED) is 0.515. The molecule has 1 aliphatic rings. The fourth-order valence-corrected chi connectivity index (χ4v) is 4.40. The van der Waals surface area contributed by atoms with Gasteiger partial charge in [-0.1, -0.05) is 56.3 Å². The highest BCUT2D eigenvalue weighted by atomic mass is 32.2. The molecule has 4 rings (SSSR count). The van der Waals surface area contributed by atoms with E-state index in [9.17, 15) is 13.5 Å². The van der Waals surface area contributed by atoms with Crippen LogP contribution in [0.4, 0.5) is 0 Å². The average molecular weight is 474 g/mol. The number of hydrogen-bond donors (Lipinski definition) is 2. The Labute approximate surface area is 195 Å². The molecule has 3 aromatic rings. The molecule has 1 aromatic heterocycles. The third-order valence-corrected chi connectivity index (χ3v) is 6.04. The van der Waals surface area contributed by atoms with Crippen LogP contribution in [0.1, 0.15) is 37.9 Å². The predicted molar refractivity (Wildman–Crippen MR) is 127 cm³/mol. The number of nitrogens with two attached hydrogens (primary N) is 1.